The Morgan fingerprint density at radius 1 is 1.00 bits per heavy atom. The number of piperidine rings is 1. The number of methoxy groups -OCH3 is 1. The lowest BCUT2D eigenvalue weighted by Gasteiger charge is -2.40. The number of hydrogen-bond donors (Lipinski definition) is 2. The Kier molecular flexibility index (Phi) is 5.94. The largest absolute Gasteiger partial charge is 0.465 e. The second kappa shape index (κ2) is 8.82. The molecule has 0 aromatic heterocycles. The van der Waals surface area contributed by atoms with E-state index >= 15 is 0 Å². The fourth-order valence-electron chi connectivity index (χ4n) is 4.68. The number of urea groups is 1. The molecular weight excluding hydrogens is 410 g/mol. The molecule has 0 bridgehead atoms. The van der Waals surface area contributed by atoms with Crippen molar-refractivity contribution in [1.29, 1.82) is 0 Å². The highest BCUT2D eigenvalue weighted by atomic mass is 16.5. The maximum atomic E-state index is 13.1. The van der Waals surface area contributed by atoms with Crippen LogP contribution in [0, 0.1) is 5.92 Å². The summed E-state index contributed by atoms with van der Waals surface area (Å²) >= 11 is 0. The van der Waals surface area contributed by atoms with Crippen LogP contribution in [0.2, 0.25) is 0 Å². The smallest absolute Gasteiger partial charge is 0.338 e. The molecule has 2 aromatic rings. The van der Waals surface area contributed by atoms with Gasteiger partial charge in [-0.25, -0.2) is 9.59 Å². The second-order valence-electron chi connectivity index (χ2n) is 8.15. The zero-order valence-electron chi connectivity index (χ0n) is 17.8. The lowest BCUT2D eigenvalue weighted by molar-refractivity contribution is -0.126. The third kappa shape index (κ3) is 3.95. The van der Waals surface area contributed by atoms with Gasteiger partial charge >= 0.3 is 12.0 Å². The lowest BCUT2D eigenvalue weighted by atomic mass is 9.74. The summed E-state index contributed by atoms with van der Waals surface area (Å²) in [4.78, 5) is 51.8. The summed E-state index contributed by atoms with van der Waals surface area (Å²) in [5, 5.41) is 5.27. The molecule has 1 unspecified atom stereocenters. The Labute approximate surface area is 185 Å². The average Bonchev–Trinajstić information content (AvgIpc) is 3.12. The molecule has 2 heterocycles. The molecule has 2 saturated heterocycles. The van der Waals surface area contributed by atoms with Crippen molar-refractivity contribution < 1.29 is 23.9 Å². The maximum absolute atomic E-state index is 13.1. The van der Waals surface area contributed by atoms with Crippen LogP contribution in [0.4, 0.5) is 4.79 Å². The van der Waals surface area contributed by atoms with Gasteiger partial charge in [0.05, 0.1) is 18.2 Å². The van der Waals surface area contributed by atoms with Crippen LogP contribution in [0.5, 0.6) is 0 Å². The first-order valence-electron chi connectivity index (χ1n) is 10.6. The molecule has 0 saturated carbocycles. The van der Waals surface area contributed by atoms with Crippen LogP contribution < -0.4 is 10.6 Å². The van der Waals surface area contributed by atoms with E-state index in [1.807, 2.05) is 30.3 Å². The molecule has 2 aliphatic rings. The zero-order valence-corrected chi connectivity index (χ0v) is 17.8. The fourth-order valence-corrected chi connectivity index (χ4v) is 4.68. The van der Waals surface area contributed by atoms with E-state index in [4.69, 9.17) is 4.74 Å². The number of amides is 4. The van der Waals surface area contributed by atoms with Gasteiger partial charge in [-0.1, -0.05) is 42.5 Å². The van der Waals surface area contributed by atoms with E-state index in [2.05, 4.69) is 10.6 Å². The minimum Gasteiger partial charge on any atom is -0.465 e. The van der Waals surface area contributed by atoms with Crippen LogP contribution >= 0.6 is 0 Å². The van der Waals surface area contributed by atoms with Crippen molar-refractivity contribution in [1.82, 2.24) is 15.5 Å². The summed E-state index contributed by atoms with van der Waals surface area (Å²) in [6.07, 6.45) is 1.48. The molecule has 8 nitrogen and oxygen atoms in total. The molecule has 2 N–H and O–H groups in total. The number of carbonyl (C=O) groups is 4. The summed E-state index contributed by atoms with van der Waals surface area (Å²) in [5.41, 5.74) is 0.432. The van der Waals surface area contributed by atoms with Gasteiger partial charge in [-0.2, -0.15) is 0 Å². The topological polar surface area (TPSA) is 105 Å². The molecule has 32 heavy (non-hydrogen) atoms. The molecule has 4 amide bonds. The predicted molar refractivity (Wildman–Crippen MR) is 116 cm³/mol. The van der Waals surface area contributed by atoms with Gasteiger partial charge in [0.25, 0.3) is 11.8 Å². The third-order valence-electron chi connectivity index (χ3n) is 6.34. The van der Waals surface area contributed by atoms with Crippen LogP contribution in [-0.2, 0) is 16.0 Å². The van der Waals surface area contributed by atoms with Gasteiger partial charge in [-0.3, -0.25) is 14.9 Å². The SMILES string of the molecule is COC(=O)c1ccccc1C(=O)N1CCC(C2(Cc3ccccc3)NC(=O)NC2=O)CC1. The quantitative estimate of drug-likeness (QED) is 0.553. The third-order valence-corrected chi connectivity index (χ3v) is 6.34. The van der Waals surface area contributed by atoms with Gasteiger partial charge in [0, 0.05) is 19.5 Å². The Hall–Kier alpha value is -3.68. The monoisotopic (exact) mass is 435 g/mol. The van der Waals surface area contributed by atoms with Crippen LogP contribution in [0.15, 0.2) is 54.6 Å². The summed E-state index contributed by atoms with van der Waals surface area (Å²) < 4.78 is 4.80. The Morgan fingerprint density at radius 2 is 1.62 bits per heavy atom. The molecule has 1 atom stereocenters. The highest BCUT2D eigenvalue weighted by Crippen LogP contribution is 2.34. The number of hydrogen-bond acceptors (Lipinski definition) is 5. The van der Waals surface area contributed by atoms with E-state index in [1.165, 1.54) is 7.11 Å². The van der Waals surface area contributed by atoms with Gasteiger partial charge in [0.15, 0.2) is 0 Å². The van der Waals surface area contributed by atoms with Crippen molar-refractivity contribution in [3.05, 3.63) is 71.3 Å². The lowest BCUT2D eigenvalue weighted by Crippen LogP contribution is -2.58. The first-order chi connectivity index (χ1) is 15.4. The molecule has 2 aliphatic heterocycles. The number of benzene rings is 2. The summed E-state index contributed by atoms with van der Waals surface area (Å²) in [6.45, 7) is 0.831. The van der Waals surface area contributed by atoms with Gasteiger partial charge in [-0.15, -0.1) is 0 Å². The Morgan fingerprint density at radius 3 is 2.22 bits per heavy atom. The highest BCUT2D eigenvalue weighted by molar-refractivity contribution is 6.07. The predicted octanol–water partition coefficient (Wildman–Crippen LogP) is 2.15. The molecule has 2 fully saturated rings. The van der Waals surface area contributed by atoms with Gasteiger partial charge < -0.3 is 15.0 Å². The number of likely N-dealkylation sites (tertiary alicyclic amines) is 1. The van der Waals surface area contributed by atoms with Gasteiger partial charge in [0.2, 0.25) is 0 Å². The number of nitrogens with one attached hydrogen (secondary N) is 2. The normalized spacial score (nSPS) is 21.1. The molecule has 8 heteroatoms. The van der Waals surface area contributed by atoms with Crippen molar-refractivity contribution >= 4 is 23.8 Å². The van der Waals surface area contributed by atoms with E-state index in [0.717, 1.165) is 5.56 Å². The standard InChI is InChI=1S/C24H25N3O5/c1-32-21(29)19-10-6-5-9-18(19)20(28)27-13-11-17(12-14-27)24(22(30)25-23(31)26-24)15-16-7-3-2-4-8-16/h2-10,17H,11-15H2,1H3,(H2,25,26,30,31). The van der Waals surface area contributed by atoms with Gasteiger partial charge in [0.1, 0.15) is 5.54 Å². The first-order valence-corrected chi connectivity index (χ1v) is 10.6. The maximum Gasteiger partial charge on any atom is 0.338 e. The van der Waals surface area contributed by atoms with Crippen molar-refractivity contribution in [2.45, 2.75) is 24.8 Å². The molecule has 0 radical (unpaired) electrons. The van der Waals surface area contributed by atoms with Crippen LogP contribution in [-0.4, -0.2) is 54.5 Å². The zero-order chi connectivity index (χ0) is 22.7. The van der Waals surface area contributed by atoms with E-state index < -0.39 is 17.5 Å². The molecule has 2 aromatic carbocycles. The van der Waals surface area contributed by atoms with E-state index in [9.17, 15) is 19.2 Å². The number of carbonyl (C=O) groups excluding carboxylic acids is 4. The van der Waals surface area contributed by atoms with Crippen molar-refractivity contribution in [2.75, 3.05) is 20.2 Å². The molecule has 0 spiro atoms. The van der Waals surface area contributed by atoms with Crippen LogP contribution in [0.25, 0.3) is 0 Å². The van der Waals surface area contributed by atoms with Crippen molar-refractivity contribution in [2.24, 2.45) is 5.92 Å². The number of esters is 1. The number of ether oxygens (including phenoxy) is 1. The first kappa shape index (κ1) is 21.5. The number of imide groups is 1. The van der Waals surface area contributed by atoms with E-state index in [1.54, 1.807) is 29.2 Å². The average molecular weight is 435 g/mol. The second-order valence-corrected chi connectivity index (χ2v) is 8.15. The molecular formula is C24H25N3O5. The molecule has 4 rings (SSSR count). The van der Waals surface area contributed by atoms with Crippen LogP contribution in [0.1, 0.15) is 39.1 Å². The van der Waals surface area contributed by atoms with Crippen molar-refractivity contribution in [3.63, 3.8) is 0 Å². The fraction of sp³-hybridized carbons (Fsp3) is 0.333. The van der Waals surface area contributed by atoms with E-state index in [0.29, 0.717) is 37.9 Å². The van der Waals surface area contributed by atoms with Gasteiger partial charge in [-0.05, 0) is 36.5 Å². The minimum absolute atomic E-state index is 0.131. The van der Waals surface area contributed by atoms with E-state index in [-0.39, 0.29) is 23.3 Å². The minimum atomic E-state index is -1.04. The summed E-state index contributed by atoms with van der Waals surface area (Å²) in [7, 11) is 1.28. The number of rotatable bonds is 5. The van der Waals surface area contributed by atoms with Crippen LogP contribution in [0.3, 0.4) is 0 Å². The summed E-state index contributed by atoms with van der Waals surface area (Å²) in [5.74, 6) is -1.27. The Balaban J connectivity index is 1.52. The summed E-state index contributed by atoms with van der Waals surface area (Å²) in [6, 6.07) is 15.7. The van der Waals surface area contributed by atoms with Crippen molar-refractivity contribution in [3.8, 4) is 0 Å². The molecule has 166 valence electrons. The Bertz CT molecular complexity index is 1050. The highest BCUT2D eigenvalue weighted by Gasteiger charge is 2.52. The number of nitrogens with zero attached hydrogens (tertiary/aromatic N) is 1. The molecule has 0 aliphatic carbocycles.